The molecule has 3 aliphatic rings. The van der Waals surface area contributed by atoms with Crippen LogP contribution in [-0.4, -0.2) is 71.1 Å². The Bertz CT molecular complexity index is 703. The molecule has 2 aliphatic heterocycles. The molecule has 3 rings (SSSR count). The van der Waals surface area contributed by atoms with Crippen LogP contribution in [0.3, 0.4) is 0 Å². The number of carbonyl (C=O) groups is 4. The molecule has 0 unspecified atom stereocenters. The van der Waals surface area contributed by atoms with Crippen molar-refractivity contribution >= 4 is 23.9 Å². The lowest BCUT2D eigenvalue weighted by Gasteiger charge is -2.33. The fraction of sp³-hybridized carbons (Fsp3) is 0.818. The van der Waals surface area contributed by atoms with Crippen molar-refractivity contribution in [3.05, 3.63) is 0 Å². The van der Waals surface area contributed by atoms with Gasteiger partial charge in [0.25, 0.3) is 5.91 Å². The summed E-state index contributed by atoms with van der Waals surface area (Å²) in [6.07, 6.45) is 5.59. The molecule has 0 aromatic carbocycles. The Labute approximate surface area is 184 Å². The normalized spacial score (nSPS) is 21.5. The van der Waals surface area contributed by atoms with Gasteiger partial charge >= 0.3 is 12.1 Å². The second-order valence-electron chi connectivity index (χ2n) is 9.99. The van der Waals surface area contributed by atoms with Crippen LogP contribution in [0, 0.1) is 5.92 Å². The van der Waals surface area contributed by atoms with Gasteiger partial charge in [0.1, 0.15) is 11.1 Å². The van der Waals surface area contributed by atoms with E-state index in [1.807, 2.05) is 20.8 Å². The van der Waals surface area contributed by atoms with Gasteiger partial charge in [-0.05, 0) is 58.8 Å². The molecule has 1 aliphatic carbocycles. The number of nitrogens with zero attached hydrogens (tertiary/aromatic N) is 2. The Morgan fingerprint density at radius 2 is 1.81 bits per heavy atom. The van der Waals surface area contributed by atoms with E-state index in [2.05, 4.69) is 10.6 Å². The molecule has 0 atom stereocenters. The fourth-order valence-electron chi connectivity index (χ4n) is 4.64. The van der Waals surface area contributed by atoms with Gasteiger partial charge in [-0.1, -0.05) is 12.8 Å². The quantitative estimate of drug-likeness (QED) is 0.491. The van der Waals surface area contributed by atoms with Crippen LogP contribution < -0.4 is 10.6 Å². The molecule has 3 fully saturated rings. The summed E-state index contributed by atoms with van der Waals surface area (Å²) in [6.45, 7) is 7.49. The number of urea groups is 1. The monoisotopic (exact) mass is 436 g/mol. The van der Waals surface area contributed by atoms with E-state index in [1.54, 1.807) is 4.90 Å². The summed E-state index contributed by atoms with van der Waals surface area (Å²) in [6, 6.07) is -0.310. The lowest BCUT2D eigenvalue weighted by Crippen LogP contribution is -2.44. The third kappa shape index (κ3) is 5.89. The maximum Gasteiger partial charge on any atom is 0.410 e. The predicted molar refractivity (Wildman–Crippen MR) is 114 cm³/mol. The number of carbonyl (C=O) groups excluding carboxylic acids is 4. The third-order valence-corrected chi connectivity index (χ3v) is 6.32. The summed E-state index contributed by atoms with van der Waals surface area (Å²) in [5.74, 6) is 0.102. The first-order valence-corrected chi connectivity index (χ1v) is 11.5. The van der Waals surface area contributed by atoms with Gasteiger partial charge in [-0.2, -0.15) is 0 Å². The zero-order valence-electron chi connectivity index (χ0n) is 19.0. The minimum atomic E-state index is -0.672. The summed E-state index contributed by atoms with van der Waals surface area (Å²) < 4.78 is 5.40. The molecule has 9 nitrogen and oxygen atoms in total. The molecular formula is C22H36N4O5. The van der Waals surface area contributed by atoms with Crippen LogP contribution in [-0.2, 0) is 14.3 Å². The van der Waals surface area contributed by atoms with Crippen LogP contribution in [0.5, 0.6) is 0 Å². The number of ether oxygens (including phenoxy) is 1. The van der Waals surface area contributed by atoms with Crippen molar-refractivity contribution in [3.8, 4) is 0 Å². The second-order valence-corrected chi connectivity index (χ2v) is 9.99. The first-order valence-electron chi connectivity index (χ1n) is 11.5. The Balaban J connectivity index is 1.31. The summed E-state index contributed by atoms with van der Waals surface area (Å²) in [5.41, 5.74) is -1.18. The van der Waals surface area contributed by atoms with Crippen LogP contribution in [0.1, 0.15) is 72.1 Å². The van der Waals surface area contributed by atoms with Crippen LogP contribution in [0.4, 0.5) is 9.59 Å². The Hall–Kier alpha value is -2.32. The number of imide groups is 1. The number of piperidine rings is 1. The molecule has 174 valence electrons. The average molecular weight is 437 g/mol. The largest absolute Gasteiger partial charge is 0.444 e. The van der Waals surface area contributed by atoms with Gasteiger partial charge in [0, 0.05) is 32.6 Å². The van der Waals surface area contributed by atoms with Crippen molar-refractivity contribution in [2.45, 2.75) is 83.3 Å². The Morgan fingerprint density at radius 1 is 1.16 bits per heavy atom. The van der Waals surface area contributed by atoms with Crippen LogP contribution in [0.15, 0.2) is 0 Å². The molecule has 0 radical (unpaired) electrons. The predicted octanol–water partition coefficient (Wildman–Crippen LogP) is 2.39. The van der Waals surface area contributed by atoms with E-state index in [0.717, 1.165) is 38.5 Å². The lowest BCUT2D eigenvalue weighted by molar-refractivity contribution is -0.131. The minimum Gasteiger partial charge on any atom is -0.444 e. The summed E-state index contributed by atoms with van der Waals surface area (Å²) in [4.78, 5) is 52.1. The molecule has 5 amide bonds. The van der Waals surface area contributed by atoms with E-state index in [-0.39, 0.29) is 29.9 Å². The maximum atomic E-state index is 12.6. The maximum absolute atomic E-state index is 12.6. The van der Waals surface area contributed by atoms with Crippen LogP contribution >= 0.6 is 0 Å². The van der Waals surface area contributed by atoms with Gasteiger partial charge in [-0.25, -0.2) is 9.59 Å². The molecule has 1 saturated carbocycles. The molecule has 0 bridgehead atoms. The SMILES string of the molecule is CC(C)(C)OC(=O)N1CCC(CC(=O)NCCCN2C(=O)NC3(CCCC3)C2=O)CC1. The zero-order valence-corrected chi connectivity index (χ0v) is 19.0. The molecule has 0 aromatic heterocycles. The molecule has 31 heavy (non-hydrogen) atoms. The fourth-order valence-corrected chi connectivity index (χ4v) is 4.64. The molecule has 2 N–H and O–H groups in total. The average Bonchev–Trinajstić information content (AvgIpc) is 3.24. The molecule has 2 heterocycles. The molecule has 1 spiro atoms. The molecular weight excluding hydrogens is 400 g/mol. The van der Waals surface area contributed by atoms with E-state index in [0.29, 0.717) is 39.0 Å². The van der Waals surface area contributed by atoms with Crippen LogP contribution in [0.25, 0.3) is 0 Å². The van der Waals surface area contributed by atoms with Gasteiger partial charge in [0.2, 0.25) is 5.91 Å². The highest BCUT2D eigenvalue weighted by atomic mass is 16.6. The number of hydrogen-bond donors (Lipinski definition) is 2. The minimum absolute atomic E-state index is 0.0276. The first kappa shape index (κ1) is 23.3. The molecule has 2 saturated heterocycles. The van der Waals surface area contributed by atoms with E-state index in [9.17, 15) is 19.2 Å². The molecule has 0 aromatic rings. The van der Waals surface area contributed by atoms with Gasteiger partial charge in [-0.15, -0.1) is 0 Å². The van der Waals surface area contributed by atoms with Gasteiger partial charge in [0.15, 0.2) is 0 Å². The van der Waals surface area contributed by atoms with E-state index in [4.69, 9.17) is 4.74 Å². The van der Waals surface area contributed by atoms with E-state index >= 15 is 0 Å². The van der Waals surface area contributed by atoms with Gasteiger partial charge < -0.3 is 20.3 Å². The topological polar surface area (TPSA) is 108 Å². The summed E-state index contributed by atoms with van der Waals surface area (Å²) in [7, 11) is 0. The summed E-state index contributed by atoms with van der Waals surface area (Å²) >= 11 is 0. The third-order valence-electron chi connectivity index (χ3n) is 6.32. The lowest BCUT2D eigenvalue weighted by atomic mass is 9.93. The van der Waals surface area contributed by atoms with Crippen molar-refractivity contribution < 1.29 is 23.9 Å². The van der Waals surface area contributed by atoms with Gasteiger partial charge in [-0.3, -0.25) is 14.5 Å². The summed E-state index contributed by atoms with van der Waals surface area (Å²) in [5, 5.41) is 5.77. The Morgan fingerprint density at radius 3 is 2.42 bits per heavy atom. The second kappa shape index (κ2) is 9.44. The zero-order chi connectivity index (χ0) is 22.6. The van der Waals surface area contributed by atoms with Crippen molar-refractivity contribution in [3.63, 3.8) is 0 Å². The van der Waals surface area contributed by atoms with Crippen molar-refractivity contribution in [1.82, 2.24) is 20.4 Å². The van der Waals surface area contributed by atoms with Crippen molar-refractivity contribution in [1.29, 1.82) is 0 Å². The highest BCUT2D eigenvalue weighted by Gasteiger charge is 2.52. The standard InChI is InChI=1S/C22H36N4O5/c1-21(2,3)31-20(30)25-13-7-16(8-14-25)15-17(27)23-11-6-12-26-18(28)22(24-19(26)29)9-4-5-10-22/h16H,4-15H2,1-3H3,(H,23,27)(H,24,29). The number of rotatable bonds is 6. The van der Waals surface area contributed by atoms with Crippen LogP contribution in [0.2, 0.25) is 0 Å². The van der Waals surface area contributed by atoms with Crippen molar-refractivity contribution in [2.75, 3.05) is 26.2 Å². The highest BCUT2D eigenvalue weighted by Crippen LogP contribution is 2.35. The van der Waals surface area contributed by atoms with Gasteiger partial charge in [0.05, 0.1) is 0 Å². The first-order chi connectivity index (χ1) is 14.6. The number of nitrogens with one attached hydrogen (secondary N) is 2. The number of amides is 5. The number of hydrogen-bond acceptors (Lipinski definition) is 5. The van der Waals surface area contributed by atoms with E-state index in [1.165, 1.54) is 4.90 Å². The van der Waals surface area contributed by atoms with Crippen molar-refractivity contribution in [2.24, 2.45) is 5.92 Å². The highest BCUT2D eigenvalue weighted by molar-refractivity contribution is 6.07. The number of likely N-dealkylation sites (tertiary alicyclic amines) is 1. The van der Waals surface area contributed by atoms with E-state index < -0.39 is 11.1 Å². The Kier molecular flexibility index (Phi) is 7.11. The molecule has 9 heteroatoms. The smallest absolute Gasteiger partial charge is 0.410 e.